The van der Waals surface area contributed by atoms with Crippen LogP contribution in [-0.4, -0.2) is 15.8 Å². The number of benzene rings is 2. The third-order valence-corrected chi connectivity index (χ3v) is 4.22. The summed E-state index contributed by atoms with van der Waals surface area (Å²) in [6.07, 6.45) is 1.33. The number of fused-ring (bicyclic) bond motifs is 1. The smallest absolute Gasteiger partial charge is 0.215 e. The zero-order valence-electron chi connectivity index (χ0n) is 10.5. The molecule has 0 saturated heterocycles. The number of nitrogens with zero attached hydrogens (tertiary/aromatic N) is 2. The van der Waals surface area contributed by atoms with Crippen molar-refractivity contribution in [3.63, 3.8) is 0 Å². The highest BCUT2D eigenvalue weighted by Crippen LogP contribution is 2.28. The Balaban J connectivity index is 2.10. The molecule has 0 unspecified atom stereocenters. The van der Waals surface area contributed by atoms with Crippen LogP contribution in [0.5, 0.6) is 0 Å². The number of hydrogen-bond donors (Lipinski definition) is 0. The molecule has 1 aromatic heterocycles. The monoisotopic (exact) mass is 364 g/mol. The first-order valence-corrected chi connectivity index (χ1v) is 7.15. The van der Waals surface area contributed by atoms with Gasteiger partial charge in [0.15, 0.2) is 5.82 Å². The average molecular weight is 366 g/mol. The molecule has 0 bridgehead atoms. The Hall–Kier alpha value is -1.85. The van der Waals surface area contributed by atoms with E-state index in [1.807, 2.05) is 6.07 Å². The van der Waals surface area contributed by atoms with E-state index in [1.54, 1.807) is 18.2 Å². The molecule has 0 spiro atoms. The van der Waals surface area contributed by atoms with Crippen LogP contribution >= 0.6 is 27.5 Å². The van der Waals surface area contributed by atoms with Crippen LogP contribution in [-0.2, 0) is 0 Å². The van der Waals surface area contributed by atoms with Crippen LogP contribution in [0.3, 0.4) is 0 Å². The van der Waals surface area contributed by atoms with Gasteiger partial charge in [-0.15, -0.1) is 0 Å². The quantitative estimate of drug-likeness (QED) is 0.499. The fourth-order valence-corrected chi connectivity index (χ4v) is 2.38. The molecule has 6 heteroatoms. The van der Waals surface area contributed by atoms with Crippen LogP contribution in [0.2, 0.25) is 5.02 Å². The molecule has 0 aliphatic rings. The summed E-state index contributed by atoms with van der Waals surface area (Å²) in [5.41, 5.74) is 1.19. The molecule has 1 heterocycles. The maximum atomic E-state index is 14.1. The van der Waals surface area contributed by atoms with Crippen LogP contribution < -0.4 is 0 Å². The topological polar surface area (TPSA) is 42.9 Å². The van der Waals surface area contributed by atoms with Gasteiger partial charge in [-0.2, -0.15) is 0 Å². The van der Waals surface area contributed by atoms with Gasteiger partial charge in [-0.05, 0) is 40.2 Å². The standard InChI is InChI=1S/C15H7BrClFN2O/c16-9-6-5-8(14(18)13(9)17)15(21)12-7-19-10-3-1-2-4-11(10)20-12/h1-7H. The van der Waals surface area contributed by atoms with Gasteiger partial charge < -0.3 is 0 Å². The van der Waals surface area contributed by atoms with E-state index < -0.39 is 11.6 Å². The van der Waals surface area contributed by atoms with Crippen LogP contribution in [0.15, 0.2) is 47.1 Å². The Labute approximate surface area is 132 Å². The van der Waals surface area contributed by atoms with Crippen molar-refractivity contribution in [2.75, 3.05) is 0 Å². The van der Waals surface area contributed by atoms with Crippen molar-refractivity contribution in [2.45, 2.75) is 0 Å². The molecule has 0 N–H and O–H groups in total. The van der Waals surface area contributed by atoms with Crippen LogP contribution in [0.25, 0.3) is 11.0 Å². The lowest BCUT2D eigenvalue weighted by Crippen LogP contribution is -2.08. The number of ketones is 1. The number of rotatable bonds is 2. The van der Waals surface area contributed by atoms with Crippen LogP contribution in [0.1, 0.15) is 16.1 Å². The van der Waals surface area contributed by atoms with Crippen molar-refractivity contribution in [1.82, 2.24) is 9.97 Å². The summed E-state index contributed by atoms with van der Waals surface area (Å²) in [6, 6.07) is 10.0. The van der Waals surface area contributed by atoms with E-state index in [0.717, 1.165) is 0 Å². The van der Waals surface area contributed by atoms with E-state index in [2.05, 4.69) is 25.9 Å². The maximum Gasteiger partial charge on any atom is 0.215 e. The van der Waals surface area contributed by atoms with Gasteiger partial charge in [0.1, 0.15) is 5.69 Å². The minimum atomic E-state index is -0.772. The highest BCUT2D eigenvalue weighted by molar-refractivity contribution is 9.10. The van der Waals surface area contributed by atoms with Gasteiger partial charge in [-0.25, -0.2) is 9.37 Å². The average Bonchev–Trinajstić information content (AvgIpc) is 2.52. The second kappa shape index (κ2) is 5.50. The lowest BCUT2D eigenvalue weighted by molar-refractivity contribution is 0.103. The minimum Gasteiger partial charge on any atom is -0.287 e. The van der Waals surface area contributed by atoms with E-state index in [9.17, 15) is 9.18 Å². The lowest BCUT2D eigenvalue weighted by atomic mass is 10.1. The van der Waals surface area contributed by atoms with Gasteiger partial charge in [0.25, 0.3) is 0 Å². The predicted octanol–water partition coefficient (Wildman–Crippen LogP) is 4.42. The first-order chi connectivity index (χ1) is 10.1. The van der Waals surface area contributed by atoms with Crippen molar-refractivity contribution in [3.8, 4) is 0 Å². The summed E-state index contributed by atoms with van der Waals surface area (Å²) >= 11 is 8.91. The summed E-state index contributed by atoms with van der Waals surface area (Å²) in [6.45, 7) is 0. The maximum absolute atomic E-state index is 14.1. The zero-order valence-corrected chi connectivity index (χ0v) is 12.8. The van der Waals surface area contributed by atoms with Crippen molar-refractivity contribution in [1.29, 1.82) is 0 Å². The lowest BCUT2D eigenvalue weighted by Gasteiger charge is -2.05. The van der Waals surface area contributed by atoms with E-state index in [1.165, 1.54) is 18.3 Å². The molecule has 2 aromatic carbocycles. The minimum absolute atomic E-state index is 0.0750. The van der Waals surface area contributed by atoms with Crippen molar-refractivity contribution < 1.29 is 9.18 Å². The Bertz CT molecular complexity index is 869. The second-order valence-corrected chi connectivity index (χ2v) is 5.53. The molecule has 0 aliphatic carbocycles. The van der Waals surface area contributed by atoms with Crippen LogP contribution in [0, 0.1) is 5.82 Å². The molecule has 3 aromatic rings. The Morgan fingerprint density at radius 2 is 1.86 bits per heavy atom. The van der Waals surface area contributed by atoms with Gasteiger partial charge in [0.2, 0.25) is 5.78 Å². The Morgan fingerprint density at radius 3 is 2.62 bits per heavy atom. The molecule has 0 fully saturated rings. The van der Waals surface area contributed by atoms with Crippen molar-refractivity contribution in [2.24, 2.45) is 0 Å². The summed E-state index contributed by atoms with van der Waals surface area (Å²) in [7, 11) is 0. The molecule has 0 saturated carbocycles. The number of carbonyl (C=O) groups is 1. The normalized spacial score (nSPS) is 10.8. The predicted molar refractivity (Wildman–Crippen MR) is 82.1 cm³/mol. The van der Waals surface area contributed by atoms with Crippen molar-refractivity contribution >= 4 is 44.3 Å². The highest BCUT2D eigenvalue weighted by Gasteiger charge is 2.19. The fraction of sp³-hybridized carbons (Fsp3) is 0. The molecule has 0 amide bonds. The molecule has 104 valence electrons. The third kappa shape index (κ3) is 2.54. The molecule has 0 aliphatic heterocycles. The number of hydrogen-bond acceptors (Lipinski definition) is 3. The largest absolute Gasteiger partial charge is 0.287 e. The zero-order chi connectivity index (χ0) is 15.0. The molecule has 0 atom stereocenters. The first-order valence-electron chi connectivity index (χ1n) is 5.98. The van der Waals surface area contributed by atoms with E-state index in [4.69, 9.17) is 11.6 Å². The van der Waals surface area contributed by atoms with E-state index in [-0.39, 0.29) is 16.3 Å². The second-order valence-electron chi connectivity index (χ2n) is 4.30. The molecular weight excluding hydrogens is 359 g/mol. The SMILES string of the molecule is O=C(c1cnc2ccccc2n1)c1ccc(Br)c(Cl)c1F. The van der Waals surface area contributed by atoms with Crippen LogP contribution in [0.4, 0.5) is 4.39 Å². The van der Waals surface area contributed by atoms with E-state index >= 15 is 0 Å². The summed E-state index contributed by atoms with van der Waals surface area (Å²) < 4.78 is 14.5. The molecule has 0 radical (unpaired) electrons. The fourth-order valence-electron chi connectivity index (χ4n) is 1.91. The van der Waals surface area contributed by atoms with Gasteiger partial charge in [0.05, 0.1) is 27.8 Å². The molecule has 3 rings (SSSR count). The first kappa shape index (κ1) is 14.1. The molecule has 21 heavy (non-hydrogen) atoms. The van der Waals surface area contributed by atoms with Gasteiger partial charge in [-0.1, -0.05) is 23.7 Å². The summed E-state index contributed by atoms with van der Waals surface area (Å²) in [4.78, 5) is 20.7. The van der Waals surface area contributed by atoms with Gasteiger partial charge in [0, 0.05) is 4.47 Å². The number of para-hydroxylation sites is 2. The van der Waals surface area contributed by atoms with Gasteiger partial charge in [-0.3, -0.25) is 9.78 Å². The molecular formula is C15H7BrClFN2O. The number of carbonyl (C=O) groups excluding carboxylic acids is 1. The molecule has 3 nitrogen and oxygen atoms in total. The Kier molecular flexibility index (Phi) is 3.69. The van der Waals surface area contributed by atoms with Crippen molar-refractivity contribution in [3.05, 3.63) is 69.2 Å². The van der Waals surface area contributed by atoms with Gasteiger partial charge >= 0.3 is 0 Å². The highest BCUT2D eigenvalue weighted by atomic mass is 79.9. The van der Waals surface area contributed by atoms with E-state index in [0.29, 0.717) is 15.5 Å². The third-order valence-electron chi connectivity index (χ3n) is 2.96. The summed E-state index contributed by atoms with van der Waals surface area (Å²) in [5.74, 6) is -1.33. The number of halogens is 3. The number of aromatic nitrogens is 2. The Morgan fingerprint density at radius 1 is 1.14 bits per heavy atom. The summed E-state index contributed by atoms with van der Waals surface area (Å²) in [5, 5.41) is -0.130.